The molecule has 0 aliphatic heterocycles. The van der Waals surface area contributed by atoms with E-state index in [0.717, 1.165) is 103 Å². The van der Waals surface area contributed by atoms with Crippen LogP contribution in [0.15, 0.2) is 146 Å². The third kappa shape index (κ3) is 45.9. The number of aliphatic carboxylic acids is 1. The minimum absolute atomic E-state index is 0.0880. The molecule has 0 bridgehead atoms. The van der Waals surface area contributed by atoms with Crippen molar-refractivity contribution in [3.05, 3.63) is 146 Å². The number of esters is 1. The first-order valence-electron chi connectivity index (χ1n) is 23.9. The molecule has 0 spiro atoms. The number of aliphatic hydroxyl groups excluding tert-OH is 1. The first kappa shape index (κ1) is 61.4. The van der Waals surface area contributed by atoms with Crippen LogP contribution in [0.2, 0.25) is 0 Å². The molecule has 0 saturated heterocycles. The summed E-state index contributed by atoms with van der Waals surface area (Å²) in [7, 11) is -4.80. The summed E-state index contributed by atoms with van der Waals surface area (Å²) >= 11 is 0. The number of nitrogens with one attached hydrogen (secondary N) is 1. The topological polar surface area (TPSA) is 169 Å². The molecule has 0 fully saturated rings. The molecule has 11 nitrogen and oxygen atoms in total. The Balaban J connectivity index is 4.05. The Bertz CT molecular complexity index is 1660. The van der Waals surface area contributed by atoms with Gasteiger partial charge in [-0.05, 0) is 103 Å². The quantitative estimate of drug-likeness (QED) is 0.0200. The van der Waals surface area contributed by atoms with E-state index in [4.69, 9.17) is 13.8 Å². The molecule has 4 N–H and O–H groups in total. The van der Waals surface area contributed by atoms with Gasteiger partial charge in [0, 0.05) is 12.8 Å². The number of phosphoric acid groups is 1. The summed E-state index contributed by atoms with van der Waals surface area (Å²) in [5.74, 6) is -2.52. The number of allylic oxidation sites excluding steroid dienone is 24. The average molecular weight is 936 g/mol. The third-order valence-electron chi connectivity index (χ3n) is 9.14. The number of hydrogen-bond acceptors (Lipinski definition) is 8. The monoisotopic (exact) mass is 936 g/mol. The normalized spacial score (nSPS) is 14.8. The Hall–Kier alpha value is -4.64. The molecule has 0 aromatic heterocycles. The fourth-order valence-corrected chi connectivity index (χ4v) is 6.29. The molecular formula is C54H82NO10P. The number of rotatable bonds is 42. The van der Waals surface area contributed by atoms with Crippen LogP contribution in [0.1, 0.15) is 142 Å². The van der Waals surface area contributed by atoms with Gasteiger partial charge in [-0.2, -0.15) is 0 Å². The van der Waals surface area contributed by atoms with Gasteiger partial charge in [0.1, 0.15) is 12.7 Å². The van der Waals surface area contributed by atoms with Gasteiger partial charge in [0.25, 0.3) is 0 Å². The van der Waals surface area contributed by atoms with Crippen molar-refractivity contribution in [3.63, 3.8) is 0 Å². The van der Waals surface area contributed by atoms with Gasteiger partial charge >= 0.3 is 19.8 Å². The third-order valence-corrected chi connectivity index (χ3v) is 10.1. The summed E-state index contributed by atoms with van der Waals surface area (Å²) in [6, 6.07) is -1.58. The zero-order chi connectivity index (χ0) is 48.4. The number of ether oxygens (including phenoxy) is 1. The van der Waals surface area contributed by atoms with Gasteiger partial charge in [-0.25, -0.2) is 9.36 Å². The zero-order valence-electron chi connectivity index (χ0n) is 39.9. The number of unbranched alkanes of at least 4 members (excludes halogenated alkanes) is 4. The van der Waals surface area contributed by atoms with Crippen molar-refractivity contribution in [1.29, 1.82) is 0 Å². The largest absolute Gasteiger partial charge is 0.480 e. The van der Waals surface area contributed by atoms with Gasteiger partial charge in [0.2, 0.25) is 5.91 Å². The number of aliphatic hydroxyl groups is 1. The van der Waals surface area contributed by atoms with Crippen LogP contribution in [-0.4, -0.2) is 64.9 Å². The second-order valence-corrected chi connectivity index (χ2v) is 16.6. The number of carboxylic acids is 1. The SMILES string of the molecule is CC/C=C\C/C=C\C/C=C\C/C=C\C/C=C\C/C=C\CCCCCCC(=O)NC(COP(=O)(O)OCC(O)COC(=O)CC/C=C\C/C=C\C/C=C\C/C=C\C/C=C\C/C=C\CC)C(=O)O. The highest BCUT2D eigenvalue weighted by molar-refractivity contribution is 7.47. The van der Waals surface area contributed by atoms with E-state index in [-0.39, 0.29) is 12.8 Å². The first-order chi connectivity index (χ1) is 32.1. The molecule has 1 amide bonds. The number of carboxylic acid groups (broad SMARTS) is 1. The number of carbonyl (C=O) groups excluding carboxylic acids is 2. The van der Waals surface area contributed by atoms with Crippen LogP contribution in [0.4, 0.5) is 0 Å². The van der Waals surface area contributed by atoms with Gasteiger partial charge in [0.05, 0.1) is 13.2 Å². The van der Waals surface area contributed by atoms with Gasteiger partial charge in [-0.1, -0.05) is 173 Å². The summed E-state index contributed by atoms with van der Waals surface area (Å²) in [5.41, 5.74) is 0. The minimum Gasteiger partial charge on any atom is -0.480 e. The highest BCUT2D eigenvalue weighted by Crippen LogP contribution is 2.43. The zero-order valence-corrected chi connectivity index (χ0v) is 40.8. The summed E-state index contributed by atoms with van der Waals surface area (Å²) in [5, 5.41) is 21.9. The highest BCUT2D eigenvalue weighted by atomic mass is 31.2. The average Bonchev–Trinajstić information content (AvgIpc) is 3.29. The molecule has 0 aromatic rings. The van der Waals surface area contributed by atoms with E-state index in [9.17, 15) is 34.1 Å². The lowest BCUT2D eigenvalue weighted by molar-refractivity contribution is -0.147. The van der Waals surface area contributed by atoms with Crippen molar-refractivity contribution in [2.75, 3.05) is 19.8 Å². The molecule has 12 heteroatoms. The van der Waals surface area contributed by atoms with Crippen LogP contribution in [0, 0.1) is 0 Å². The summed E-state index contributed by atoms with van der Waals surface area (Å²) in [6.07, 6.45) is 65.9. The van der Waals surface area contributed by atoms with Gasteiger partial charge in [0.15, 0.2) is 6.04 Å². The van der Waals surface area contributed by atoms with E-state index in [1.807, 2.05) is 18.2 Å². The number of amides is 1. The van der Waals surface area contributed by atoms with Crippen LogP contribution in [-0.2, 0) is 32.7 Å². The molecule has 368 valence electrons. The van der Waals surface area contributed by atoms with Crippen molar-refractivity contribution in [3.8, 4) is 0 Å². The summed E-state index contributed by atoms with van der Waals surface area (Å²) in [6.45, 7) is 2.25. The van der Waals surface area contributed by atoms with Crippen molar-refractivity contribution in [2.45, 2.75) is 154 Å². The first-order valence-corrected chi connectivity index (χ1v) is 25.4. The molecule has 0 aliphatic rings. The Labute approximate surface area is 397 Å². The predicted octanol–water partition coefficient (Wildman–Crippen LogP) is 13.1. The Morgan fingerprint density at radius 3 is 1.26 bits per heavy atom. The Morgan fingerprint density at radius 1 is 0.485 bits per heavy atom. The van der Waals surface area contributed by atoms with Crippen molar-refractivity contribution in [2.24, 2.45) is 0 Å². The minimum atomic E-state index is -4.80. The lowest BCUT2D eigenvalue weighted by atomic mass is 10.1. The Kier molecular flexibility index (Phi) is 43.6. The second-order valence-electron chi connectivity index (χ2n) is 15.2. The fourth-order valence-electron chi connectivity index (χ4n) is 5.52. The van der Waals surface area contributed by atoms with Crippen LogP contribution in [0.25, 0.3) is 0 Å². The van der Waals surface area contributed by atoms with Crippen LogP contribution < -0.4 is 5.32 Å². The molecule has 0 radical (unpaired) electrons. The molecule has 0 aromatic carbocycles. The van der Waals surface area contributed by atoms with E-state index in [1.165, 1.54) is 0 Å². The maximum absolute atomic E-state index is 12.4. The van der Waals surface area contributed by atoms with Crippen molar-refractivity contribution < 1.29 is 47.8 Å². The second kappa shape index (κ2) is 46.9. The van der Waals surface area contributed by atoms with E-state index in [1.54, 1.807) is 0 Å². The fraction of sp³-hybridized carbons (Fsp3) is 0.500. The lowest BCUT2D eigenvalue weighted by Crippen LogP contribution is -2.43. The molecule has 3 atom stereocenters. The highest BCUT2D eigenvalue weighted by Gasteiger charge is 2.28. The molecule has 0 saturated carbocycles. The van der Waals surface area contributed by atoms with Crippen LogP contribution in [0.5, 0.6) is 0 Å². The van der Waals surface area contributed by atoms with Gasteiger partial charge in [-0.3, -0.25) is 18.6 Å². The lowest BCUT2D eigenvalue weighted by Gasteiger charge is -2.18. The summed E-state index contributed by atoms with van der Waals surface area (Å²) < 4.78 is 26.8. The standard InChI is InChI=1S/C54H82NO10P/c1-3-5-7-9-11-13-15-17-19-21-23-24-25-26-28-29-31-33-35-37-39-41-43-45-52(57)55-51(54(59)60)49-65-66(61,62)64-48-50(56)47-63-53(58)46-44-42-40-38-36-34-32-30-27-22-20-18-16-14-12-10-8-6-4-2/h5-8,11-14,17-20,23-24,26-28,30-31,33-34,36,40,42,50-51,56H,3-4,9-10,15-16,21-22,25,29,32,35,37-39,41,43-49H2,1-2H3,(H,55,57)(H,59,60)(H,61,62)/b7-5-,8-6-,13-11-,14-12-,19-17-,20-18-,24-23-,28-26-,30-27-,33-31-,36-34-,42-40-. The number of phosphoric ester groups is 1. The van der Waals surface area contributed by atoms with E-state index >= 15 is 0 Å². The van der Waals surface area contributed by atoms with E-state index < -0.39 is 57.6 Å². The van der Waals surface area contributed by atoms with Crippen LogP contribution in [0.3, 0.4) is 0 Å². The molecule has 0 rings (SSSR count). The molecule has 66 heavy (non-hydrogen) atoms. The smallest absolute Gasteiger partial charge is 0.472 e. The predicted molar refractivity (Wildman–Crippen MR) is 272 cm³/mol. The maximum Gasteiger partial charge on any atom is 0.472 e. The Morgan fingerprint density at radius 2 is 0.848 bits per heavy atom. The molecule has 0 aliphatic carbocycles. The molecular weight excluding hydrogens is 854 g/mol. The van der Waals surface area contributed by atoms with E-state index in [2.05, 4.69) is 147 Å². The molecule has 0 heterocycles. The van der Waals surface area contributed by atoms with E-state index in [0.29, 0.717) is 12.8 Å². The van der Waals surface area contributed by atoms with Gasteiger partial charge in [-0.15, -0.1) is 0 Å². The summed E-state index contributed by atoms with van der Waals surface area (Å²) in [4.78, 5) is 46.0. The van der Waals surface area contributed by atoms with Crippen LogP contribution >= 0.6 is 7.82 Å². The number of carbonyl (C=O) groups is 3. The van der Waals surface area contributed by atoms with Crippen molar-refractivity contribution in [1.82, 2.24) is 5.32 Å². The molecule has 3 unspecified atom stereocenters. The number of hydrogen-bond donors (Lipinski definition) is 4. The van der Waals surface area contributed by atoms with Gasteiger partial charge < -0.3 is 25.2 Å². The maximum atomic E-state index is 12.4. The van der Waals surface area contributed by atoms with Crippen molar-refractivity contribution >= 4 is 25.7 Å².